The predicted octanol–water partition coefficient (Wildman–Crippen LogP) is 2.41. The van der Waals surface area contributed by atoms with Crippen molar-refractivity contribution >= 4 is 28.2 Å². The van der Waals surface area contributed by atoms with Crippen LogP contribution in [0.15, 0.2) is 29.1 Å². The van der Waals surface area contributed by atoms with Gasteiger partial charge in [-0.3, -0.25) is 4.79 Å². The maximum Gasteiger partial charge on any atom is 0.253 e. The average molecular weight is 375 g/mol. The number of thiocarbonyl (C=S) groups is 1. The molecule has 1 aromatic carbocycles. The fourth-order valence-electron chi connectivity index (χ4n) is 3.19. The maximum atomic E-state index is 12.6. The molecular formula is C19H25N3O3S. The van der Waals surface area contributed by atoms with Gasteiger partial charge in [0.15, 0.2) is 5.11 Å². The van der Waals surface area contributed by atoms with E-state index in [4.69, 9.17) is 21.7 Å². The first-order chi connectivity index (χ1) is 12.6. The minimum atomic E-state index is -0.109. The molecule has 0 aliphatic carbocycles. The third kappa shape index (κ3) is 4.34. The smallest absolute Gasteiger partial charge is 0.253 e. The second kappa shape index (κ2) is 8.51. The van der Waals surface area contributed by atoms with Crippen LogP contribution in [0.1, 0.15) is 25.3 Å². The molecule has 1 aliphatic heterocycles. The Balaban J connectivity index is 1.85. The van der Waals surface area contributed by atoms with E-state index >= 15 is 0 Å². The van der Waals surface area contributed by atoms with Crippen LogP contribution < -0.4 is 15.6 Å². The van der Waals surface area contributed by atoms with Crippen molar-refractivity contribution < 1.29 is 9.47 Å². The van der Waals surface area contributed by atoms with E-state index in [9.17, 15) is 4.79 Å². The number of aromatic nitrogens is 1. The topological polar surface area (TPSA) is 66.6 Å². The lowest BCUT2D eigenvalue weighted by Gasteiger charge is -2.28. The summed E-state index contributed by atoms with van der Waals surface area (Å²) in [4.78, 5) is 17.5. The van der Waals surface area contributed by atoms with Crippen LogP contribution in [0, 0.1) is 0 Å². The quantitative estimate of drug-likeness (QED) is 0.756. The molecule has 26 heavy (non-hydrogen) atoms. The Morgan fingerprint density at radius 2 is 2.31 bits per heavy atom. The van der Waals surface area contributed by atoms with Crippen molar-refractivity contribution in [2.75, 3.05) is 26.8 Å². The Bertz CT molecular complexity index is 830. The first kappa shape index (κ1) is 18.7. The summed E-state index contributed by atoms with van der Waals surface area (Å²) in [5.74, 6) is 0.717. The van der Waals surface area contributed by atoms with Crippen molar-refractivity contribution in [3.8, 4) is 5.75 Å². The number of aromatic amines is 1. The average Bonchev–Trinajstić information content (AvgIpc) is 3.14. The van der Waals surface area contributed by atoms with Crippen LogP contribution in [0.3, 0.4) is 0 Å². The second-order valence-electron chi connectivity index (χ2n) is 6.43. The van der Waals surface area contributed by atoms with Gasteiger partial charge in [-0.25, -0.2) is 0 Å². The number of fused-ring (bicyclic) bond motifs is 1. The zero-order valence-corrected chi connectivity index (χ0v) is 16.0. The third-order valence-corrected chi connectivity index (χ3v) is 4.96. The summed E-state index contributed by atoms with van der Waals surface area (Å²) in [5.41, 5.74) is 1.33. The molecule has 1 aromatic heterocycles. The van der Waals surface area contributed by atoms with Crippen molar-refractivity contribution in [2.24, 2.45) is 0 Å². The molecule has 3 rings (SSSR count). The molecular weight excluding hydrogens is 350 g/mol. The minimum Gasteiger partial charge on any atom is -0.497 e. The highest BCUT2D eigenvalue weighted by Gasteiger charge is 2.21. The van der Waals surface area contributed by atoms with E-state index in [0.29, 0.717) is 29.5 Å². The van der Waals surface area contributed by atoms with Crippen LogP contribution in [-0.4, -0.2) is 47.9 Å². The summed E-state index contributed by atoms with van der Waals surface area (Å²) in [6.45, 7) is 4.68. The van der Waals surface area contributed by atoms with Gasteiger partial charge in [0.05, 0.1) is 25.3 Å². The van der Waals surface area contributed by atoms with Crippen LogP contribution in [0.25, 0.3) is 10.9 Å². The molecule has 0 saturated carbocycles. The SMILES string of the molecule is CCNC(=S)N(Cc1cc2ccc(OC)cc2[nH]c1=O)CC1CCCO1. The maximum absolute atomic E-state index is 12.6. The zero-order chi connectivity index (χ0) is 18.5. The van der Waals surface area contributed by atoms with Crippen LogP contribution >= 0.6 is 12.2 Å². The van der Waals surface area contributed by atoms with Gasteiger partial charge in [-0.1, -0.05) is 0 Å². The second-order valence-corrected chi connectivity index (χ2v) is 6.81. The van der Waals surface area contributed by atoms with Gasteiger partial charge in [0.2, 0.25) is 0 Å². The first-order valence-corrected chi connectivity index (χ1v) is 9.36. The van der Waals surface area contributed by atoms with Gasteiger partial charge in [-0.2, -0.15) is 0 Å². The van der Waals surface area contributed by atoms with Crippen LogP contribution in [0.4, 0.5) is 0 Å². The number of pyridine rings is 1. The standard InChI is InChI=1S/C19H25N3O3S/c1-3-20-19(26)22(12-16-5-4-8-25-16)11-14-9-13-6-7-15(24-2)10-17(13)21-18(14)23/h6-7,9-10,16H,3-5,8,11-12H2,1-2H3,(H,20,26)(H,21,23). The van der Waals surface area contributed by atoms with Crippen LogP contribution in [-0.2, 0) is 11.3 Å². The highest BCUT2D eigenvalue weighted by atomic mass is 32.1. The van der Waals surface area contributed by atoms with Gasteiger partial charge in [0.1, 0.15) is 5.75 Å². The molecule has 6 nitrogen and oxygen atoms in total. The van der Waals surface area contributed by atoms with Gasteiger partial charge in [-0.15, -0.1) is 0 Å². The van der Waals surface area contributed by atoms with Gasteiger partial charge in [-0.05, 0) is 55.6 Å². The third-order valence-electron chi connectivity index (χ3n) is 4.55. The van der Waals surface area contributed by atoms with E-state index < -0.39 is 0 Å². The van der Waals surface area contributed by atoms with E-state index in [1.807, 2.05) is 36.1 Å². The van der Waals surface area contributed by atoms with Crippen LogP contribution in [0.2, 0.25) is 0 Å². The number of hydrogen-bond acceptors (Lipinski definition) is 4. The number of nitrogens with zero attached hydrogens (tertiary/aromatic N) is 1. The summed E-state index contributed by atoms with van der Waals surface area (Å²) >= 11 is 5.51. The Morgan fingerprint density at radius 1 is 1.46 bits per heavy atom. The van der Waals surface area contributed by atoms with Crippen molar-refractivity contribution in [3.05, 3.63) is 40.2 Å². The first-order valence-electron chi connectivity index (χ1n) is 8.95. The fourth-order valence-corrected chi connectivity index (χ4v) is 3.48. The number of hydrogen-bond donors (Lipinski definition) is 2. The molecule has 0 amide bonds. The van der Waals surface area contributed by atoms with Gasteiger partial charge in [0.25, 0.3) is 5.56 Å². The van der Waals surface area contributed by atoms with Crippen molar-refractivity contribution in [1.82, 2.24) is 15.2 Å². The molecule has 0 radical (unpaired) electrons. The van der Waals surface area contributed by atoms with Gasteiger partial charge in [0, 0.05) is 31.3 Å². The lowest BCUT2D eigenvalue weighted by molar-refractivity contribution is 0.0897. The molecule has 2 heterocycles. The lowest BCUT2D eigenvalue weighted by Crippen LogP contribution is -2.43. The molecule has 140 valence electrons. The minimum absolute atomic E-state index is 0.109. The monoisotopic (exact) mass is 375 g/mol. The van der Waals surface area contributed by atoms with Crippen molar-refractivity contribution in [2.45, 2.75) is 32.4 Å². The van der Waals surface area contributed by atoms with Crippen LogP contribution in [0.5, 0.6) is 5.75 Å². The van der Waals surface area contributed by atoms with Gasteiger partial charge < -0.3 is 24.7 Å². The van der Waals surface area contributed by atoms with E-state index in [-0.39, 0.29) is 11.7 Å². The highest BCUT2D eigenvalue weighted by Crippen LogP contribution is 2.20. The van der Waals surface area contributed by atoms with E-state index in [1.54, 1.807) is 7.11 Å². The molecule has 2 aromatic rings. The summed E-state index contributed by atoms with van der Waals surface area (Å²) in [6.07, 6.45) is 2.26. The zero-order valence-electron chi connectivity index (χ0n) is 15.2. The Hall–Kier alpha value is -2.12. The molecule has 2 N–H and O–H groups in total. The van der Waals surface area contributed by atoms with Crippen molar-refractivity contribution in [1.29, 1.82) is 0 Å². The Labute approximate surface area is 158 Å². The molecule has 1 atom stereocenters. The van der Waals surface area contributed by atoms with Gasteiger partial charge >= 0.3 is 0 Å². The number of benzene rings is 1. The number of nitrogens with one attached hydrogen (secondary N) is 2. The van der Waals surface area contributed by atoms with E-state index in [2.05, 4.69) is 10.3 Å². The molecule has 1 saturated heterocycles. The predicted molar refractivity (Wildman–Crippen MR) is 107 cm³/mol. The number of ether oxygens (including phenoxy) is 2. The largest absolute Gasteiger partial charge is 0.497 e. The lowest BCUT2D eigenvalue weighted by atomic mass is 10.1. The number of H-pyrrole nitrogens is 1. The summed E-state index contributed by atoms with van der Waals surface area (Å²) in [7, 11) is 1.61. The highest BCUT2D eigenvalue weighted by molar-refractivity contribution is 7.80. The molecule has 1 unspecified atom stereocenters. The Kier molecular flexibility index (Phi) is 6.11. The molecule has 1 aliphatic rings. The molecule has 7 heteroatoms. The summed E-state index contributed by atoms with van der Waals surface area (Å²) in [5, 5.41) is 4.80. The molecule has 0 spiro atoms. The number of methoxy groups -OCH3 is 1. The summed E-state index contributed by atoms with van der Waals surface area (Å²) < 4.78 is 11.0. The molecule has 0 bridgehead atoms. The fraction of sp³-hybridized carbons (Fsp3) is 0.474. The van der Waals surface area contributed by atoms with Crippen molar-refractivity contribution in [3.63, 3.8) is 0 Å². The normalized spacial score (nSPS) is 16.6. The summed E-state index contributed by atoms with van der Waals surface area (Å²) in [6, 6.07) is 7.58. The number of rotatable bonds is 6. The van der Waals surface area contributed by atoms with E-state index in [1.165, 1.54) is 0 Å². The van der Waals surface area contributed by atoms with E-state index in [0.717, 1.165) is 36.9 Å². The Morgan fingerprint density at radius 3 is 3.00 bits per heavy atom. The molecule has 1 fully saturated rings.